The van der Waals surface area contributed by atoms with E-state index in [0.717, 1.165) is 10.9 Å². The number of hydrogen-bond acceptors (Lipinski definition) is 2. The third kappa shape index (κ3) is 2.42. The fourth-order valence-electron chi connectivity index (χ4n) is 2.10. The molecule has 2 aromatic heterocycles. The smallest absolute Gasteiger partial charge is 0.258 e. The van der Waals surface area contributed by atoms with E-state index in [9.17, 15) is 4.79 Å². The van der Waals surface area contributed by atoms with Gasteiger partial charge in [-0.3, -0.25) is 4.79 Å². The quantitative estimate of drug-likeness (QED) is 0.676. The lowest BCUT2D eigenvalue weighted by molar-refractivity contribution is 0.765. The van der Waals surface area contributed by atoms with E-state index in [1.165, 1.54) is 0 Å². The van der Waals surface area contributed by atoms with Gasteiger partial charge in [0.1, 0.15) is 10.3 Å². The first kappa shape index (κ1) is 13.2. The van der Waals surface area contributed by atoms with E-state index in [2.05, 4.69) is 4.98 Å². The number of pyridine rings is 2. The van der Waals surface area contributed by atoms with Crippen molar-refractivity contribution in [1.29, 1.82) is 0 Å². The van der Waals surface area contributed by atoms with Crippen molar-refractivity contribution in [2.24, 2.45) is 0 Å². The molecule has 0 aliphatic heterocycles. The Bertz CT molecular complexity index is 843. The number of benzene rings is 1. The third-order valence-electron chi connectivity index (χ3n) is 3.12. The summed E-state index contributed by atoms with van der Waals surface area (Å²) in [5, 5.41) is 2.27. The Morgan fingerprint density at radius 2 is 1.85 bits per heavy atom. The molecule has 5 heteroatoms. The SMILES string of the molecule is O=c1c2ccccc2ccn1Cc1ccc(Cl)nc1Cl. The van der Waals surface area contributed by atoms with Gasteiger partial charge in [-0.1, -0.05) is 47.5 Å². The van der Waals surface area contributed by atoms with Gasteiger partial charge in [0, 0.05) is 17.1 Å². The molecule has 3 aromatic rings. The van der Waals surface area contributed by atoms with Gasteiger partial charge in [-0.15, -0.1) is 0 Å². The van der Waals surface area contributed by atoms with E-state index in [1.807, 2.05) is 30.3 Å². The molecule has 2 heterocycles. The van der Waals surface area contributed by atoms with Gasteiger partial charge in [0.2, 0.25) is 0 Å². The van der Waals surface area contributed by atoms with E-state index in [4.69, 9.17) is 23.2 Å². The van der Waals surface area contributed by atoms with Gasteiger partial charge in [0.25, 0.3) is 5.56 Å². The number of hydrogen-bond donors (Lipinski definition) is 0. The molecule has 3 rings (SSSR count). The Balaban J connectivity index is 2.07. The molecular weight excluding hydrogens is 295 g/mol. The number of aromatic nitrogens is 2. The zero-order chi connectivity index (χ0) is 14.1. The van der Waals surface area contributed by atoms with Crippen molar-refractivity contribution in [2.45, 2.75) is 6.54 Å². The number of halogens is 2. The van der Waals surface area contributed by atoms with E-state index < -0.39 is 0 Å². The summed E-state index contributed by atoms with van der Waals surface area (Å²) in [5.41, 5.74) is 0.711. The predicted molar refractivity (Wildman–Crippen MR) is 81.6 cm³/mol. The van der Waals surface area contributed by atoms with Crippen LogP contribution >= 0.6 is 23.2 Å². The molecule has 0 amide bonds. The van der Waals surface area contributed by atoms with Crippen LogP contribution in [0.25, 0.3) is 10.8 Å². The number of nitrogens with zero attached hydrogens (tertiary/aromatic N) is 2. The third-order valence-corrected chi connectivity index (χ3v) is 3.66. The van der Waals surface area contributed by atoms with Crippen molar-refractivity contribution in [3.63, 3.8) is 0 Å². The molecule has 100 valence electrons. The maximum Gasteiger partial charge on any atom is 0.258 e. The van der Waals surface area contributed by atoms with Gasteiger partial charge in [0.15, 0.2) is 0 Å². The van der Waals surface area contributed by atoms with Crippen LogP contribution in [0.5, 0.6) is 0 Å². The first-order valence-electron chi connectivity index (χ1n) is 6.04. The maximum absolute atomic E-state index is 12.4. The summed E-state index contributed by atoms with van der Waals surface area (Å²) in [7, 11) is 0. The van der Waals surface area contributed by atoms with Gasteiger partial charge < -0.3 is 4.57 Å². The molecule has 1 aromatic carbocycles. The van der Waals surface area contributed by atoms with Crippen molar-refractivity contribution < 1.29 is 0 Å². The van der Waals surface area contributed by atoms with Gasteiger partial charge >= 0.3 is 0 Å². The molecule has 0 aliphatic rings. The first-order chi connectivity index (χ1) is 9.65. The predicted octanol–water partition coefficient (Wildman–Crippen LogP) is 3.75. The van der Waals surface area contributed by atoms with Crippen molar-refractivity contribution in [2.75, 3.05) is 0 Å². The Kier molecular flexibility index (Phi) is 3.47. The molecule has 0 radical (unpaired) electrons. The Labute approximate surface area is 125 Å². The summed E-state index contributed by atoms with van der Waals surface area (Å²) in [6, 6.07) is 12.8. The van der Waals surface area contributed by atoms with Crippen LogP contribution in [-0.4, -0.2) is 9.55 Å². The first-order valence-corrected chi connectivity index (χ1v) is 6.80. The molecule has 0 spiro atoms. The molecule has 0 saturated heterocycles. The average molecular weight is 305 g/mol. The lowest BCUT2D eigenvalue weighted by atomic mass is 10.2. The summed E-state index contributed by atoms with van der Waals surface area (Å²) in [4.78, 5) is 16.4. The monoisotopic (exact) mass is 304 g/mol. The molecule has 0 aliphatic carbocycles. The summed E-state index contributed by atoms with van der Waals surface area (Å²) in [6.45, 7) is 0.368. The zero-order valence-electron chi connectivity index (χ0n) is 10.4. The highest BCUT2D eigenvalue weighted by Crippen LogP contribution is 2.17. The van der Waals surface area contributed by atoms with Crippen LogP contribution in [0.15, 0.2) is 53.5 Å². The minimum Gasteiger partial charge on any atom is -0.310 e. The van der Waals surface area contributed by atoms with Gasteiger partial charge in [-0.2, -0.15) is 0 Å². The largest absolute Gasteiger partial charge is 0.310 e. The van der Waals surface area contributed by atoms with Crippen LogP contribution in [0.3, 0.4) is 0 Å². The fraction of sp³-hybridized carbons (Fsp3) is 0.0667. The molecule has 20 heavy (non-hydrogen) atoms. The molecular formula is C15H10Cl2N2O. The van der Waals surface area contributed by atoms with Crippen LogP contribution < -0.4 is 5.56 Å². The Morgan fingerprint density at radius 3 is 2.65 bits per heavy atom. The van der Waals surface area contributed by atoms with Crippen LogP contribution in [0.1, 0.15) is 5.56 Å². The Morgan fingerprint density at radius 1 is 1.05 bits per heavy atom. The van der Waals surface area contributed by atoms with Gasteiger partial charge in [-0.05, 0) is 23.6 Å². The second-order valence-electron chi connectivity index (χ2n) is 4.42. The molecule has 0 bridgehead atoms. The van der Waals surface area contributed by atoms with Crippen LogP contribution in [0, 0.1) is 0 Å². The van der Waals surface area contributed by atoms with Gasteiger partial charge in [-0.25, -0.2) is 4.98 Å². The second-order valence-corrected chi connectivity index (χ2v) is 5.17. The highest BCUT2D eigenvalue weighted by atomic mass is 35.5. The van der Waals surface area contributed by atoms with Crippen molar-refractivity contribution in [3.05, 3.63) is 74.9 Å². The summed E-state index contributed by atoms with van der Waals surface area (Å²) < 4.78 is 1.61. The van der Waals surface area contributed by atoms with E-state index in [1.54, 1.807) is 22.9 Å². The molecule has 0 fully saturated rings. The van der Waals surface area contributed by atoms with Crippen LogP contribution in [0.2, 0.25) is 10.3 Å². The average Bonchev–Trinajstić information content (AvgIpc) is 2.45. The fourth-order valence-corrected chi connectivity index (χ4v) is 2.50. The standard InChI is InChI=1S/C15H10Cl2N2O/c16-13-6-5-11(14(17)18-13)9-19-8-7-10-3-1-2-4-12(10)15(19)20/h1-8H,9H2. The highest BCUT2D eigenvalue weighted by Gasteiger charge is 2.07. The minimum absolute atomic E-state index is 0.0471. The molecule has 0 N–H and O–H groups in total. The molecule has 3 nitrogen and oxygen atoms in total. The van der Waals surface area contributed by atoms with Crippen LogP contribution in [0.4, 0.5) is 0 Å². The number of fused-ring (bicyclic) bond motifs is 1. The van der Waals surface area contributed by atoms with E-state index >= 15 is 0 Å². The van der Waals surface area contributed by atoms with Crippen LogP contribution in [-0.2, 0) is 6.54 Å². The Hall–Kier alpha value is -1.84. The second kappa shape index (κ2) is 5.27. The van der Waals surface area contributed by atoms with E-state index in [-0.39, 0.29) is 5.56 Å². The lowest BCUT2D eigenvalue weighted by Gasteiger charge is -2.08. The van der Waals surface area contributed by atoms with E-state index in [0.29, 0.717) is 22.2 Å². The van der Waals surface area contributed by atoms with Crippen molar-refractivity contribution in [3.8, 4) is 0 Å². The van der Waals surface area contributed by atoms with Crippen molar-refractivity contribution >= 4 is 34.0 Å². The molecule has 0 unspecified atom stereocenters. The lowest BCUT2D eigenvalue weighted by Crippen LogP contribution is -2.20. The topological polar surface area (TPSA) is 34.9 Å². The minimum atomic E-state index is -0.0471. The molecule has 0 saturated carbocycles. The van der Waals surface area contributed by atoms with Crippen molar-refractivity contribution in [1.82, 2.24) is 9.55 Å². The highest BCUT2D eigenvalue weighted by molar-refractivity contribution is 6.32. The van der Waals surface area contributed by atoms with Gasteiger partial charge in [0.05, 0.1) is 6.54 Å². The number of rotatable bonds is 2. The summed E-state index contributed by atoms with van der Waals surface area (Å²) in [5.74, 6) is 0. The zero-order valence-corrected chi connectivity index (χ0v) is 11.9. The maximum atomic E-state index is 12.4. The summed E-state index contributed by atoms with van der Waals surface area (Å²) >= 11 is 11.8. The molecule has 0 atom stereocenters. The summed E-state index contributed by atoms with van der Waals surface area (Å²) in [6.07, 6.45) is 1.76. The normalized spacial score (nSPS) is 10.9.